The molecule has 160 valence electrons. The Bertz CT molecular complexity index is 992. The van der Waals surface area contributed by atoms with Crippen LogP contribution in [0.15, 0.2) is 43.1 Å². The highest BCUT2D eigenvalue weighted by molar-refractivity contribution is 7.97. The van der Waals surface area contributed by atoms with Gasteiger partial charge in [0.05, 0.1) is 30.4 Å². The summed E-state index contributed by atoms with van der Waals surface area (Å²) in [6.07, 6.45) is 7.24. The van der Waals surface area contributed by atoms with Gasteiger partial charge in [-0.3, -0.25) is 18.9 Å². The van der Waals surface area contributed by atoms with E-state index in [1.54, 1.807) is 52.2 Å². The summed E-state index contributed by atoms with van der Waals surface area (Å²) in [5.74, 6) is -0.372. The number of rotatable bonds is 4. The molecule has 2 aromatic heterocycles. The first-order valence-corrected chi connectivity index (χ1v) is 11.0. The Labute approximate surface area is 185 Å². The highest BCUT2D eigenvalue weighted by Gasteiger charge is 2.29. The molecular formula is C21H25ClFN5OS. The van der Waals surface area contributed by atoms with Gasteiger partial charge in [-0.1, -0.05) is 37.4 Å². The normalized spacial score (nSPS) is 16.1. The van der Waals surface area contributed by atoms with E-state index in [1.807, 2.05) is 7.05 Å². The molecule has 0 saturated carbocycles. The molecule has 6 nitrogen and oxygen atoms in total. The highest BCUT2D eigenvalue weighted by Crippen LogP contribution is 2.30. The topological polar surface area (TPSA) is 62.5 Å². The molecule has 1 saturated heterocycles. The molecule has 0 aliphatic carbocycles. The van der Waals surface area contributed by atoms with Gasteiger partial charge in [0.25, 0.3) is 5.91 Å². The fraction of sp³-hybridized carbons (Fsp3) is 0.381. The lowest BCUT2D eigenvalue weighted by Crippen LogP contribution is -2.30. The number of nitrogens with zero attached hydrogens (tertiary/aromatic N) is 4. The number of carbonyl (C=O) groups excluding carboxylic acids is 1. The van der Waals surface area contributed by atoms with Crippen molar-refractivity contribution < 1.29 is 9.18 Å². The summed E-state index contributed by atoms with van der Waals surface area (Å²) in [5.41, 5.74) is 2.07. The summed E-state index contributed by atoms with van der Waals surface area (Å²) in [7, 11) is 1.94. The molecule has 1 atom stereocenters. The molecular weight excluding hydrogens is 425 g/mol. The number of likely N-dealkylation sites (tertiary alicyclic amines) is 1. The van der Waals surface area contributed by atoms with Crippen LogP contribution in [0.25, 0.3) is 5.52 Å². The summed E-state index contributed by atoms with van der Waals surface area (Å²) < 4.78 is 18.3. The summed E-state index contributed by atoms with van der Waals surface area (Å²) in [6.45, 7) is 5.45. The average molecular weight is 450 g/mol. The zero-order chi connectivity index (χ0) is 21.7. The van der Waals surface area contributed by atoms with Gasteiger partial charge in [-0.2, -0.15) is 0 Å². The van der Waals surface area contributed by atoms with E-state index in [1.165, 1.54) is 12.1 Å². The van der Waals surface area contributed by atoms with E-state index >= 15 is 0 Å². The van der Waals surface area contributed by atoms with E-state index in [2.05, 4.69) is 28.5 Å². The molecule has 0 unspecified atom stereocenters. The number of halogens is 2. The Morgan fingerprint density at radius 3 is 2.70 bits per heavy atom. The van der Waals surface area contributed by atoms with Crippen LogP contribution in [0.3, 0.4) is 0 Å². The minimum atomic E-state index is -0.352. The number of aromatic nitrogens is 3. The third kappa shape index (κ3) is 5.50. The highest BCUT2D eigenvalue weighted by atomic mass is 35.5. The Morgan fingerprint density at radius 2 is 2.03 bits per heavy atom. The van der Waals surface area contributed by atoms with Crippen LogP contribution in [-0.2, 0) is 0 Å². The second-order valence-electron chi connectivity index (χ2n) is 7.29. The van der Waals surface area contributed by atoms with Gasteiger partial charge in [-0.15, -0.1) is 0 Å². The van der Waals surface area contributed by atoms with Crippen LogP contribution >= 0.6 is 23.5 Å². The maximum absolute atomic E-state index is 13.6. The van der Waals surface area contributed by atoms with Crippen LogP contribution in [0, 0.1) is 5.82 Å². The number of amides is 1. The summed E-state index contributed by atoms with van der Waals surface area (Å²) in [6, 6.07) is 4.54. The first kappa shape index (κ1) is 22.5. The van der Waals surface area contributed by atoms with Crippen molar-refractivity contribution in [2.75, 3.05) is 20.1 Å². The van der Waals surface area contributed by atoms with Crippen LogP contribution < -0.4 is 4.72 Å². The third-order valence-corrected chi connectivity index (χ3v) is 5.66. The van der Waals surface area contributed by atoms with E-state index in [4.69, 9.17) is 11.6 Å². The predicted molar refractivity (Wildman–Crippen MR) is 119 cm³/mol. The zero-order valence-corrected chi connectivity index (χ0v) is 18.8. The third-order valence-electron chi connectivity index (χ3n) is 4.73. The maximum atomic E-state index is 13.6. The molecule has 9 heteroatoms. The first-order chi connectivity index (χ1) is 14.4. The van der Waals surface area contributed by atoms with E-state index < -0.39 is 0 Å². The van der Waals surface area contributed by atoms with Crippen molar-refractivity contribution in [3.05, 3.63) is 65.2 Å². The van der Waals surface area contributed by atoms with Crippen LogP contribution in [0.1, 0.15) is 42.2 Å². The number of nitrogens with one attached hydrogen (secondary N) is 1. The lowest BCUT2D eigenvalue weighted by atomic mass is 9.98. The fourth-order valence-corrected chi connectivity index (χ4v) is 4.13. The molecule has 4 rings (SSSR count). The molecule has 3 aromatic rings. The SMILES string of the molecule is CNSC(C)C.O=C(c1cncc2cncn12)N1CC[C@H](c2cc(F)cc(Cl)c2)C1. The van der Waals surface area contributed by atoms with Gasteiger partial charge in [0, 0.05) is 29.3 Å². The van der Waals surface area contributed by atoms with E-state index in [-0.39, 0.29) is 17.6 Å². The van der Waals surface area contributed by atoms with Crippen LogP contribution in [0.2, 0.25) is 5.02 Å². The number of benzene rings is 1. The van der Waals surface area contributed by atoms with E-state index in [0.29, 0.717) is 29.1 Å². The van der Waals surface area contributed by atoms with Crippen LogP contribution in [-0.4, -0.2) is 50.6 Å². The quantitative estimate of drug-likeness (QED) is 0.597. The first-order valence-electron chi connectivity index (χ1n) is 9.72. The van der Waals surface area contributed by atoms with Crippen molar-refractivity contribution in [1.29, 1.82) is 0 Å². The lowest BCUT2D eigenvalue weighted by molar-refractivity contribution is 0.0783. The van der Waals surface area contributed by atoms with Crippen molar-refractivity contribution in [1.82, 2.24) is 24.0 Å². The fourth-order valence-electron chi connectivity index (χ4n) is 3.43. The largest absolute Gasteiger partial charge is 0.337 e. The molecule has 0 radical (unpaired) electrons. The molecule has 1 N–H and O–H groups in total. The van der Waals surface area contributed by atoms with Gasteiger partial charge >= 0.3 is 0 Å². The predicted octanol–water partition coefficient (Wildman–Crippen LogP) is 4.41. The Hall–Kier alpha value is -2.16. The number of imidazole rings is 1. The van der Waals surface area contributed by atoms with Gasteiger partial charge in [0.2, 0.25) is 0 Å². The second-order valence-corrected chi connectivity index (χ2v) is 9.31. The molecule has 1 fully saturated rings. The number of hydrogen-bond donors (Lipinski definition) is 1. The standard InChI is InChI=1S/C17H14ClFN4O.C4H11NS/c18-13-3-12(4-14(19)5-13)11-1-2-22(9-11)17(24)16-8-20-6-15-7-21-10-23(15)16;1-4(2)6-5-3/h3-8,10-11H,1-2,9H2;4-5H,1-3H3/t11-;/m0./s1. The van der Waals surface area contributed by atoms with Gasteiger partial charge in [-0.25, -0.2) is 9.37 Å². The van der Waals surface area contributed by atoms with Crippen molar-refractivity contribution in [2.45, 2.75) is 31.4 Å². The van der Waals surface area contributed by atoms with Crippen molar-refractivity contribution in [3.8, 4) is 0 Å². The minimum Gasteiger partial charge on any atom is -0.337 e. The zero-order valence-electron chi connectivity index (χ0n) is 17.2. The minimum absolute atomic E-state index is 0.0806. The molecule has 30 heavy (non-hydrogen) atoms. The Morgan fingerprint density at radius 1 is 1.27 bits per heavy atom. The van der Waals surface area contributed by atoms with Crippen molar-refractivity contribution in [3.63, 3.8) is 0 Å². The van der Waals surface area contributed by atoms with Gasteiger partial charge in [-0.05, 0) is 37.2 Å². The molecule has 3 heterocycles. The number of hydrogen-bond acceptors (Lipinski definition) is 5. The molecule has 1 aromatic carbocycles. The van der Waals surface area contributed by atoms with E-state index in [9.17, 15) is 9.18 Å². The number of carbonyl (C=O) groups is 1. The number of fused-ring (bicyclic) bond motifs is 1. The lowest BCUT2D eigenvalue weighted by Gasteiger charge is -2.17. The Balaban J connectivity index is 0.000000377. The van der Waals surface area contributed by atoms with Gasteiger partial charge in [0.1, 0.15) is 11.5 Å². The average Bonchev–Trinajstić information content (AvgIpc) is 3.36. The molecule has 0 spiro atoms. The summed E-state index contributed by atoms with van der Waals surface area (Å²) in [5, 5.41) is 1.08. The monoisotopic (exact) mass is 449 g/mol. The molecule has 1 aliphatic heterocycles. The Kier molecular flexibility index (Phi) is 7.69. The smallest absolute Gasteiger partial charge is 0.272 e. The van der Waals surface area contributed by atoms with Crippen molar-refractivity contribution >= 4 is 35.0 Å². The van der Waals surface area contributed by atoms with Crippen molar-refractivity contribution in [2.24, 2.45) is 0 Å². The molecule has 0 bridgehead atoms. The summed E-state index contributed by atoms with van der Waals surface area (Å²) >= 11 is 7.67. The van der Waals surface area contributed by atoms with Crippen LogP contribution in [0.5, 0.6) is 0 Å². The molecule has 1 amide bonds. The second kappa shape index (κ2) is 10.2. The van der Waals surface area contributed by atoms with Crippen LogP contribution in [0.4, 0.5) is 4.39 Å². The van der Waals surface area contributed by atoms with Gasteiger partial charge in [0.15, 0.2) is 0 Å². The van der Waals surface area contributed by atoms with E-state index in [0.717, 1.165) is 17.5 Å². The molecule has 1 aliphatic rings. The van der Waals surface area contributed by atoms with Gasteiger partial charge < -0.3 is 4.90 Å². The summed E-state index contributed by atoms with van der Waals surface area (Å²) in [4.78, 5) is 22.7. The maximum Gasteiger partial charge on any atom is 0.272 e.